The number of unbranched alkanes of at least 4 members (excludes halogenated alkanes) is 1. The number of rotatable bonds is 12. The number of nitrogens with zero attached hydrogens (tertiary/aromatic N) is 6. The molecular weight excluding hydrogens is 585 g/mol. The van der Waals surface area contributed by atoms with E-state index in [9.17, 15) is 22.8 Å². The summed E-state index contributed by atoms with van der Waals surface area (Å²) in [7, 11) is 0. The first kappa shape index (κ1) is 30.1. The van der Waals surface area contributed by atoms with Gasteiger partial charge in [0.15, 0.2) is 5.82 Å². The molecule has 0 radical (unpaired) electrons. The van der Waals surface area contributed by atoms with Gasteiger partial charge in [-0.2, -0.15) is 5.10 Å². The molecule has 3 aromatic heterocycles. The Labute approximate surface area is 248 Å². The highest BCUT2D eigenvalue weighted by molar-refractivity contribution is 7.15. The first-order chi connectivity index (χ1) is 20.7. The normalized spacial score (nSPS) is 12.9. The second-order valence-electron chi connectivity index (χ2n) is 10.1. The Morgan fingerprint density at radius 3 is 2.56 bits per heavy atom. The number of benzene rings is 1. The molecule has 4 aromatic rings. The van der Waals surface area contributed by atoms with E-state index in [2.05, 4.69) is 45.3 Å². The zero-order valence-corrected chi connectivity index (χ0v) is 23.9. The maximum absolute atomic E-state index is 12.4. The van der Waals surface area contributed by atoms with Crippen LogP contribution in [0, 0.1) is 0 Å². The molecule has 1 aromatic carbocycles. The van der Waals surface area contributed by atoms with Gasteiger partial charge in [0.05, 0.1) is 24.2 Å². The molecule has 0 spiro atoms. The molecule has 2 N–H and O–H groups in total. The maximum Gasteiger partial charge on any atom is 0.573 e. The third-order valence-corrected chi connectivity index (χ3v) is 7.47. The van der Waals surface area contributed by atoms with Gasteiger partial charge in [-0.1, -0.05) is 23.5 Å². The van der Waals surface area contributed by atoms with Crippen molar-refractivity contribution in [3.05, 3.63) is 70.4 Å². The molecule has 43 heavy (non-hydrogen) atoms. The Kier molecular flexibility index (Phi) is 9.59. The van der Waals surface area contributed by atoms with Gasteiger partial charge in [-0.25, -0.2) is 4.98 Å². The average Bonchev–Trinajstić information content (AvgIpc) is 3.57. The van der Waals surface area contributed by atoms with Crippen LogP contribution in [-0.4, -0.2) is 48.1 Å². The van der Waals surface area contributed by atoms with Crippen LogP contribution >= 0.6 is 11.3 Å². The van der Waals surface area contributed by atoms with Crippen molar-refractivity contribution in [3.63, 3.8) is 0 Å². The summed E-state index contributed by atoms with van der Waals surface area (Å²) in [5.41, 5.74) is 1.88. The Hall–Kier alpha value is -4.40. The zero-order chi connectivity index (χ0) is 30.2. The van der Waals surface area contributed by atoms with Crippen molar-refractivity contribution in [3.8, 4) is 5.75 Å². The number of anilines is 2. The summed E-state index contributed by atoms with van der Waals surface area (Å²) >= 11 is 1.35. The summed E-state index contributed by atoms with van der Waals surface area (Å²) in [6.45, 7) is 0.952. The predicted molar refractivity (Wildman–Crippen MR) is 152 cm³/mol. The highest BCUT2D eigenvalue weighted by Gasteiger charge is 2.31. The van der Waals surface area contributed by atoms with E-state index in [1.54, 1.807) is 12.1 Å². The summed E-state index contributed by atoms with van der Waals surface area (Å²) in [4.78, 5) is 29.3. The minimum absolute atomic E-state index is 0.151. The number of hydrogen-bond acceptors (Lipinski definition) is 9. The van der Waals surface area contributed by atoms with Crippen LogP contribution in [0.5, 0.6) is 5.75 Å². The lowest BCUT2D eigenvalue weighted by molar-refractivity contribution is -0.274. The second kappa shape index (κ2) is 13.7. The number of ether oxygens (including phenoxy) is 1. The highest BCUT2D eigenvalue weighted by Crippen LogP contribution is 2.24. The predicted octanol–water partition coefficient (Wildman–Crippen LogP) is 4.69. The number of carbonyl (C=O) groups is 2. The molecule has 226 valence electrons. The van der Waals surface area contributed by atoms with Gasteiger partial charge in [0.25, 0.3) is 0 Å². The largest absolute Gasteiger partial charge is 0.573 e. The van der Waals surface area contributed by atoms with Crippen molar-refractivity contribution in [2.45, 2.75) is 70.7 Å². The van der Waals surface area contributed by atoms with Crippen LogP contribution in [0.15, 0.2) is 42.6 Å². The van der Waals surface area contributed by atoms with Crippen molar-refractivity contribution < 1.29 is 27.5 Å². The quantitative estimate of drug-likeness (QED) is 0.220. The summed E-state index contributed by atoms with van der Waals surface area (Å²) < 4.78 is 43.3. The number of fused-ring (bicyclic) bond motifs is 1. The van der Waals surface area contributed by atoms with Crippen LogP contribution < -0.4 is 15.4 Å². The standard InChI is InChI=1S/C28H29F3N8O3S/c29-28(30,31)42-21-8-5-6-18(14-21)15-24(40)33-22-12-11-19(35-36-22)7-1-2-10-26-37-38-27(43-26)34-25(41)16-20-17-39-13-4-3-9-23(39)32-20/h5-6,8,11-12,14,17H,1-4,7,9-10,13,15-16H2,(H,33,36,40)(H,34,38,41). The number of imidazole rings is 1. The van der Waals surface area contributed by atoms with E-state index in [-0.39, 0.29) is 30.3 Å². The van der Waals surface area contributed by atoms with E-state index in [0.717, 1.165) is 66.9 Å². The number of aryl methyl sites for hydroxylation is 4. The Morgan fingerprint density at radius 2 is 1.77 bits per heavy atom. The van der Waals surface area contributed by atoms with Gasteiger partial charge in [-0.15, -0.1) is 28.5 Å². The van der Waals surface area contributed by atoms with Crippen molar-refractivity contribution in [2.24, 2.45) is 0 Å². The molecule has 0 atom stereocenters. The van der Waals surface area contributed by atoms with Crippen molar-refractivity contribution >= 4 is 34.1 Å². The van der Waals surface area contributed by atoms with E-state index in [4.69, 9.17) is 0 Å². The molecule has 2 amide bonds. The van der Waals surface area contributed by atoms with Crippen LogP contribution in [0.2, 0.25) is 0 Å². The number of hydrogen-bond donors (Lipinski definition) is 2. The number of nitrogens with one attached hydrogen (secondary N) is 2. The number of halogens is 3. The first-order valence-corrected chi connectivity index (χ1v) is 14.6. The lowest BCUT2D eigenvalue weighted by Crippen LogP contribution is -2.18. The lowest BCUT2D eigenvalue weighted by Gasteiger charge is -2.11. The van der Waals surface area contributed by atoms with E-state index in [1.807, 2.05) is 6.20 Å². The molecule has 0 saturated heterocycles. The van der Waals surface area contributed by atoms with Gasteiger partial charge >= 0.3 is 6.36 Å². The highest BCUT2D eigenvalue weighted by atomic mass is 32.1. The molecule has 15 heteroatoms. The van der Waals surface area contributed by atoms with Crippen LogP contribution in [0.3, 0.4) is 0 Å². The summed E-state index contributed by atoms with van der Waals surface area (Å²) in [6.07, 6.45) is 3.45. The third kappa shape index (κ3) is 9.30. The Morgan fingerprint density at radius 1 is 0.930 bits per heavy atom. The average molecular weight is 615 g/mol. The van der Waals surface area contributed by atoms with Gasteiger partial charge in [0, 0.05) is 25.6 Å². The number of alkyl halides is 3. The van der Waals surface area contributed by atoms with Crippen molar-refractivity contribution in [2.75, 3.05) is 10.6 Å². The second-order valence-corrected chi connectivity index (χ2v) is 11.1. The molecule has 5 rings (SSSR count). The fourth-order valence-electron chi connectivity index (χ4n) is 4.66. The van der Waals surface area contributed by atoms with Crippen molar-refractivity contribution in [1.82, 2.24) is 29.9 Å². The molecule has 0 bridgehead atoms. The van der Waals surface area contributed by atoms with Gasteiger partial charge < -0.3 is 19.9 Å². The van der Waals surface area contributed by atoms with Gasteiger partial charge in [-0.3, -0.25) is 9.59 Å². The molecule has 0 aliphatic carbocycles. The molecular formula is C28H29F3N8O3S. The van der Waals surface area contributed by atoms with E-state index in [0.29, 0.717) is 23.5 Å². The van der Waals surface area contributed by atoms with Gasteiger partial charge in [0.1, 0.15) is 16.6 Å². The van der Waals surface area contributed by atoms with Gasteiger partial charge in [-0.05, 0) is 61.9 Å². The van der Waals surface area contributed by atoms with Crippen LogP contribution in [0.25, 0.3) is 0 Å². The number of carbonyl (C=O) groups excluding carboxylic acids is 2. The van der Waals surface area contributed by atoms with E-state index < -0.39 is 12.3 Å². The fraction of sp³-hybridized carbons (Fsp3) is 0.393. The minimum Gasteiger partial charge on any atom is -0.406 e. The lowest BCUT2D eigenvalue weighted by atomic mass is 10.1. The molecule has 1 aliphatic heterocycles. The molecule has 4 heterocycles. The van der Waals surface area contributed by atoms with E-state index >= 15 is 0 Å². The smallest absolute Gasteiger partial charge is 0.406 e. The fourth-order valence-corrected chi connectivity index (χ4v) is 5.45. The number of aromatic nitrogens is 6. The first-order valence-electron chi connectivity index (χ1n) is 13.8. The Bertz CT molecular complexity index is 1530. The molecule has 0 fully saturated rings. The molecule has 0 saturated carbocycles. The monoisotopic (exact) mass is 614 g/mol. The maximum atomic E-state index is 12.4. The summed E-state index contributed by atoms with van der Waals surface area (Å²) in [5.74, 6) is 0.287. The third-order valence-electron chi connectivity index (χ3n) is 6.57. The van der Waals surface area contributed by atoms with Crippen LogP contribution in [0.4, 0.5) is 24.1 Å². The van der Waals surface area contributed by atoms with Crippen LogP contribution in [0.1, 0.15) is 53.5 Å². The number of amides is 2. The SMILES string of the molecule is O=C(Cc1cccc(OC(F)(F)F)c1)Nc1ccc(CCCCc2nnc(NC(=O)Cc3cn4c(n3)CCCC4)s2)nn1. The topological polar surface area (TPSA) is 137 Å². The van der Waals surface area contributed by atoms with Crippen LogP contribution in [-0.2, 0) is 48.2 Å². The minimum atomic E-state index is -4.81. The zero-order valence-electron chi connectivity index (χ0n) is 23.1. The molecule has 0 unspecified atom stereocenters. The Balaban J connectivity index is 1.000. The van der Waals surface area contributed by atoms with Crippen molar-refractivity contribution in [1.29, 1.82) is 0 Å². The summed E-state index contributed by atoms with van der Waals surface area (Å²) in [5, 5.41) is 23.1. The molecule has 11 nitrogen and oxygen atoms in total. The van der Waals surface area contributed by atoms with E-state index in [1.165, 1.54) is 29.5 Å². The molecule has 1 aliphatic rings. The summed E-state index contributed by atoms with van der Waals surface area (Å²) in [6, 6.07) is 8.63. The van der Waals surface area contributed by atoms with Gasteiger partial charge in [0.2, 0.25) is 16.9 Å².